The number of aromatic nitrogens is 1. The maximum absolute atomic E-state index is 12.4. The van der Waals surface area contributed by atoms with Crippen LogP contribution < -0.4 is 10.6 Å². The van der Waals surface area contributed by atoms with Crippen LogP contribution in [-0.2, 0) is 6.54 Å². The summed E-state index contributed by atoms with van der Waals surface area (Å²) in [4.78, 5) is 16.6. The summed E-state index contributed by atoms with van der Waals surface area (Å²) in [6.45, 7) is 4.64. The lowest BCUT2D eigenvalue weighted by Crippen LogP contribution is -2.22. The van der Waals surface area contributed by atoms with Crippen LogP contribution >= 0.6 is 0 Å². The predicted octanol–water partition coefficient (Wildman–Crippen LogP) is 4.37. The van der Waals surface area contributed by atoms with Gasteiger partial charge in [-0.25, -0.2) is 0 Å². The average molecular weight is 331 g/mol. The van der Waals surface area contributed by atoms with Crippen molar-refractivity contribution < 1.29 is 4.79 Å². The molecule has 4 heteroatoms. The Hall–Kier alpha value is -3.14. The van der Waals surface area contributed by atoms with Crippen molar-refractivity contribution in [1.82, 2.24) is 10.3 Å². The van der Waals surface area contributed by atoms with Gasteiger partial charge in [-0.15, -0.1) is 0 Å². The Labute approximate surface area is 147 Å². The maximum atomic E-state index is 12.4. The van der Waals surface area contributed by atoms with E-state index < -0.39 is 0 Å². The monoisotopic (exact) mass is 331 g/mol. The third-order valence-corrected chi connectivity index (χ3v) is 4.18. The van der Waals surface area contributed by atoms with E-state index in [9.17, 15) is 4.79 Å². The van der Waals surface area contributed by atoms with Crippen LogP contribution in [0.5, 0.6) is 0 Å². The number of pyridine rings is 1. The molecule has 3 aromatic rings. The number of anilines is 2. The Kier molecular flexibility index (Phi) is 5.09. The first-order valence-electron chi connectivity index (χ1n) is 8.24. The maximum Gasteiger partial charge on any atom is 0.253 e. The molecule has 0 saturated carbocycles. The fraction of sp³-hybridized carbons (Fsp3) is 0.143. The first kappa shape index (κ1) is 16.7. The fourth-order valence-corrected chi connectivity index (χ4v) is 2.55. The van der Waals surface area contributed by atoms with Crippen LogP contribution in [0.3, 0.4) is 0 Å². The van der Waals surface area contributed by atoms with Crippen molar-refractivity contribution in [3.8, 4) is 0 Å². The van der Waals surface area contributed by atoms with E-state index in [0.717, 1.165) is 16.9 Å². The number of carbonyl (C=O) groups is 1. The number of aryl methyl sites for hydroxylation is 1. The van der Waals surface area contributed by atoms with Gasteiger partial charge < -0.3 is 10.6 Å². The molecule has 4 nitrogen and oxygen atoms in total. The SMILES string of the molecule is Cc1cccc(Nc2cncc(C(=O)NCc3ccccc3)c2)c1C. The van der Waals surface area contributed by atoms with Gasteiger partial charge in [-0.2, -0.15) is 0 Å². The van der Waals surface area contributed by atoms with Crippen molar-refractivity contribution in [1.29, 1.82) is 0 Å². The van der Waals surface area contributed by atoms with Crippen LogP contribution in [0.1, 0.15) is 27.0 Å². The molecule has 126 valence electrons. The zero-order valence-electron chi connectivity index (χ0n) is 14.4. The summed E-state index contributed by atoms with van der Waals surface area (Å²) in [6, 6.07) is 17.8. The van der Waals surface area contributed by atoms with E-state index in [2.05, 4.69) is 35.5 Å². The average Bonchev–Trinajstić information content (AvgIpc) is 2.64. The lowest BCUT2D eigenvalue weighted by atomic mass is 10.1. The second kappa shape index (κ2) is 7.62. The van der Waals surface area contributed by atoms with Crippen LogP contribution in [0.15, 0.2) is 67.0 Å². The van der Waals surface area contributed by atoms with Crippen molar-refractivity contribution >= 4 is 17.3 Å². The van der Waals surface area contributed by atoms with Crippen molar-refractivity contribution in [3.63, 3.8) is 0 Å². The minimum Gasteiger partial charge on any atom is -0.354 e. The number of hydrogen-bond donors (Lipinski definition) is 2. The first-order chi connectivity index (χ1) is 12.1. The predicted molar refractivity (Wildman–Crippen MR) is 101 cm³/mol. The van der Waals surface area contributed by atoms with Gasteiger partial charge in [0.25, 0.3) is 5.91 Å². The van der Waals surface area contributed by atoms with Gasteiger partial charge in [0.1, 0.15) is 0 Å². The lowest BCUT2D eigenvalue weighted by Gasteiger charge is -2.12. The van der Waals surface area contributed by atoms with Crippen molar-refractivity contribution in [2.24, 2.45) is 0 Å². The van der Waals surface area contributed by atoms with Gasteiger partial charge >= 0.3 is 0 Å². The Morgan fingerprint density at radius 2 is 1.80 bits per heavy atom. The van der Waals surface area contributed by atoms with Crippen LogP contribution in [0, 0.1) is 13.8 Å². The minimum absolute atomic E-state index is 0.138. The molecule has 0 aliphatic carbocycles. The largest absolute Gasteiger partial charge is 0.354 e. The normalized spacial score (nSPS) is 10.3. The number of carbonyl (C=O) groups excluding carboxylic acids is 1. The number of hydrogen-bond acceptors (Lipinski definition) is 3. The van der Waals surface area contributed by atoms with Gasteiger partial charge in [0.15, 0.2) is 0 Å². The van der Waals surface area contributed by atoms with Crippen LogP contribution in [-0.4, -0.2) is 10.9 Å². The minimum atomic E-state index is -0.138. The van der Waals surface area contributed by atoms with Gasteiger partial charge in [-0.1, -0.05) is 42.5 Å². The highest BCUT2D eigenvalue weighted by molar-refractivity contribution is 5.94. The molecule has 2 N–H and O–H groups in total. The molecule has 0 bridgehead atoms. The quantitative estimate of drug-likeness (QED) is 0.730. The van der Waals surface area contributed by atoms with E-state index in [1.807, 2.05) is 48.5 Å². The second-order valence-corrected chi connectivity index (χ2v) is 6.00. The molecular weight excluding hydrogens is 310 g/mol. The second-order valence-electron chi connectivity index (χ2n) is 6.00. The molecule has 2 aromatic carbocycles. The molecule has 1 amide bonds. The summed E-state index contributed by atoms with van der Waals surface area (Å²) >= 11 is 0. The Balaban J connectivity index is 1.70. The molecule has 0 unspecified atom stereocenters. The summed E-state index contributed by atoms with van der Waals surface area (Å²) < 4.78 is 0. The van der Waals surface area contributed by atoms with E-state index in [1.165, 1.54) is 11.1 Å². The van der Waals surface area contributed by atoms with Crippen molar-refractivity contribution in [2.45, 2.75) is 20.4 Å². The molecule has 1 heterocycles. The molecule has 0 aliphatic heterocycles. The van der Waals surface area contributed by atoms with Gasteiger partial charge in [0, 0.05) is 18.4 Å². The van der Waals surface area contributed by atoms with Crippen LogP contribution in [0.25, 0.3) is 0 Å². The Morgan fingerprint density at radius 1 is 1.00 bits per heavy atom. The number of benzene rings is 2. The number of rotatable bonds is 5. The smallest absolute Gasteiger partial charge is 0.253 e. The molecule has 0 radical (unpaired) electrons. The third-order valence-electron chi connectivity index (χ3n) is 4.18. The van der Waals surface area contributed by atoms with Crippen LogP contribution in [0.4, 0.5) is 11.4 Å². The fourth-order valence-electron chi connectivity index (χ4n) is 2.55. The van der Waals surface area contributed by atoms with E-state index in [-0.39, 0.29) is 5.91 Å². The number of amides is 1. The molecule has 1 aromatic heterocycles. The topological polar surface area (TPSA) is 54.0 Å². The van der Waals surface area contributed by atoms with E-state index in [1.54, 1.807) is 12.4 Å². The highest BCUT2D eigenvalue weighted by Gasteiger charge is 2.08. The molecule has 0 saturated heterocycles. The van der Waals surface area contributed by atoms with E-state index >= 15 is 0 Å². The van der Waals surface area contributed by atoms with E-state index in [0.29, 0.717) is 12.1 Å². The molecule has 0 aliphatic rings. The van der Waals surface area contributed by atoms with Gasteiger partial charge in [0.2, 0.25) is 0 Å². The Morgan fingerprint density at radius 3 is 2.60 bits per heavy atom. The Bertz CT molecular complexity index is 875. The standard InChI is InChI=1S/C21H21N3O/c1-15-7-6-10-20(16(15)2)24-19-11-18(13-22-14-19)21(25)23-12-17-8-4-3-5-9-17/h3-11,13-14,24H,12H2,1-2H3,(H,23,25). The summed E-state index contributed by atoms with van der Waals surface area (Å²) in [5.41, 5.74) is 5.81. The van der Waals surface area contributed by atoms with E-state index in [4.69, 9.17) is 0 Å². The van der Waals surface area contributed by atoms with Gasteiger partial charge in [0.05, 0.1) is 17.4 Å². The molecule has 0 fully saturated rings. The van der Waals surface area contributed by atoms with Gasteiger partial charge in [-0.05, 0) is 42.7 Å². The summed E-state index contributed by atoms with van der Waals surface area (Å²) in [5.74, 6) is -0.138. The highest BCUT2D eigenvalue weighted by Crippen LogP contribution is 2.22. The molecular formula is C21H21N3O. The van der Waals surface area contributed by atoms with Crippen molar-refractivity contribution in [2.75, 3.05) is 5.32 Å². The lowest BCUT2D eigenvalue weighted by molar-refractivity contribution is 0.0950. The summed E-state index contributed by atoms with van der Waals surface area (Å²) in [5, 5.41) is 6.26. The molecule has 3 rings (SSSR count). The third kappa shape index (κ3) is 4.23. The zero-order chi connectivity index (χ0) is 17.6. The first-order valence-corrected chi connectivity index (χ1v) is 8.24. The summed E-state index contributed by atoms with van der Waals surface area (Å²) in [6.07, 6.45) is 3.30. The van der Waals surface area contributed by atoms with Crippen LogP contribution in [0.2, 0.25) is 0 Å². The zero-order valence-corrected chi connectivity index (χ0v) is 14.4. The molecule has 0 atom stereocenters. The highest BCUT2D eigenvalue weighted by atomic mass is 16.1. The summed E-state index contributed by atoms with van der Waals surface area (Å²) in [7, 11) is 0. The number of nitrogens with zero attached hydrogens (tertiary/aromatic N) is 1. The van der Waals surface area contributed by atoms with Crippen molar-refractivity contribution in [3.05, 3.63) is 89.2 Å². The van der Waals surface area contributed by atoms with Gasteiger partial charge in [-0.3, -0.25) is 9.78 Å². The molecule has 25 heavy (non-hydrogen) atoms. The molecule has 0 spiro atoms. The number of nitrogens with one attached hydrogen (secondary N) is 2.